The molecule has 0 radical (unpaired) electrons. The van der Waals surface area contributed by atoms with Crippen LogP contribution in [0.15, 0.2) is 53.0 Å². The number of benzene rings is 3. The summed E-state index contributed by atoms with van der Waals surface area (Å²) in [5, 5.41) is 4.16. The Kier molecular flexibility index (Phi) is 8.29. The Morgan fingerprint density at radius 1 is 0.968 bits per heavy atom. The average Bonchev–Trinajstić information content (AvgIpc) is 2.74. The lowest BCUT2D eigenvalue weighted by atomic mass is 10.2. The van der Waals surface area contributed by atoms with Crippen LogP contribution in [0, 0.1) is 5.82 Å². The van der Waals surface area contributed by atoms with Gasteiger partial charge in [-0.3, -0.25) is 0 Å². The number of ether oxygens (including phenoxy) is 3. The maximum atomic E-state index is 14.1. The normalized spacial score (nSPS) is 10.6. The van der Waals surface area contributed by atoms with Gasteiger partial charge in [0, 0.05) is 22.3 Å². The quantitative estimate of drug-likeness (QED) is 0.312. The second kappa shape index (κ2) is 10.9. The molecule has 0 aliphatic rings. The molecule has 0 heterocycles. The van der Waals surface area contributed by atoms with Crippen molar-refractivity contribution in [1.82, 2.24) is 0 Å². The monoisotopic (exact) mass is 527 g/mol. The lowest BCUT2D eigenvalue weighted by Crippen LogP contribution is -2.05. The highest BCUT2D eigenvalue weighted by Gasteiger charge is 2.14. The zero-order valence-corrected chi connectivity index (χ0v) is 20.1. The molecule has 0 atom stereocenters. The first-order valence-corrected chi connectivity index (χ1v) is 11.1. The molecular weight excluding hydrogens is 508 g/mol. The zero-order chi connectivity index (χ0) is 22.4. The lowest BCUT2D eigenvalue weighted by molar-refractivity contribution is 0.265. The van der Waals surface area contributed by atoms with Crippen molar-refractivity contribution in [3.63, 3.8) is 0 Å². The van der Waals surface area contributed by atoms with E-state index in [1.54, 1.807) is 37.4 Å². The highest BCUT2D eigenvalue weighted by atomic mass is 79.9. The highest BCUT2D eigenvalue weighted by molar-refractivity contribution is 9.10. The Bertz CT molecular complexity index is 1040. The zero-order valence-electron chi connectivity index (χ0n) is 17.0. The summed E-state index contributed by atoms with van der Waals surface area (Å²) < 4.78 is 31.6. The predicted octanol–water partition coefficient (Wildman–Crippen LogP) is 7.49. The van der Waals surface area contributed by atoms with Crippen molar-refractivity contribution >= 4 is 44.8 Å². The molecule has 164 valence electrons. The van der Waals surface area contributed by atoms with Gasteiger partial charge in [-0.25, -0.2) is 4.39 Å². The molecule has 4 nitrogen and oxygen atoms in total. The molecule has 0 amide bonds. The summed E-state index contributed by atoms with van der Waals surface area (Å²) in [7, 11) is 1.57. The SMILES string of the molecule is CCOc1cc(CNc2ccc(OC)c(Cl)c2)c(Br)cc1OCc1c(F)cccc1Cl. The van der Waals surface area contributed by atoms with Crippen molar-refractivity contribution in [2.24, 2.45) is 0 Å². The number of methoxy groups -OCH3 is 1. The van der Waals surface area contributed by atoms with Gasteiger partial charge >= 0.3 is 0 Å². The van der Waals surface area contributed by atoms with E-state index >= 15 is 0 Å². The molecular formula is C23H21BrCl2FNO3. The van der Waals surface area contributed by atoms with Crippen molar-refractivity contribution in [3.8, 4) is 17.2 Å². The fraction of sp³-hybridized carbons (Fsp3) is 0.217. The number of hydrogen-bond donors (Lipinski definition) is 1. The van der Waals surface area contributed by atoms with Crippen molar-refractivity contribution in [3.05, 3.63) is 80.0 Å². The van der Waals surface area contributed by atoms with Crippen molar-refractivity contribution in [2.45, 2.75) is 20.1 Å². The van der Waals surface area contributed by atoms with Crippen LogP contribution in [0.4, 0.5) is 10.1 Å². The highest BCUT2D eigenvalue weighted by Crippen LogP contribution is 2.36. The van der Waals surface area contributed by atoms with Gasteiger partial charge < -0.3 is 19.5 Å². The first kappa shape index (κ1) is 23.5. The van der Waals surface area contributed by atoms with E-state index in [0.717, 1.165) is 15.7 Å². The number of rotatable bonds is 9. The maximum absolute atomic E-state index is 14.1. The number of hydrogen-bond acceptors (Lipinski definition) is 4. The minimum Gasteiger partial charge on any atom is -0.495 e. The first-order valence-electron chi connectivity index (χ1n) is 9.51. The topological polar surface area (TPSA) is 39.7 Å². The van der Waals surface area contributed by atoms with Gasteiger partial charge in [-0.2, -0.15) is 0 Å². The van der Waals surface area contributed by atoms with E-state index in [-0.39, 0.29) is 6.61 Å². The van der Waals surface area contributed by atoms with Crippen molar-refractivity contribution in [2.75, 3.05) is 19.0 Å². The van der Waals surface area contributed by atoms with E-state index in [2.05, 4.69) is 21.2 Å². The number of nitrogens with one attached hydrogen (secondary N) is 1. The van der Waals surface area contributed by atoms with E-state index in [1.165, 1.54) is 6.07 Å². The Labute approximate surface area is 199 Å². The second-order valence-corrected chi connectivity index (χ2v) is 8.18. The average molecular weight is 529 g/mol. The molecule has 0 saturated carbocycles. The molecule has 0 fully saturated rings. The third-order valence-corrected chi connectivity index (χ3v) is 5.87. The van der Waals surface area contributed by atoms with Crippen LogP contribution in [-0.2, 0) is 13.2 Å². The van der Waals surface area contributed by atoms with Gasteiger partial charge in [-0.1, -0.05) is 45.2 Å². The Balaban J connectivity index is 1.77. The fourth-order valence-electron chi connectivity index (χ4n) is 2.89. The predicted molar refractivity (Wildman–Crippen MR) is 126 cm³/mol. The molecule has 0 unspecified atom stereocenters. The molecule has 3 aromatic rings. The van der Waals surface area contributed by atoms with Gasteiger partial charge in [-0.05, 0) is 55.0 Å². The summed E-state index contributed by atoms with van der Waals surface area (Å²) in [4.78, 5) is 0. The van der Waals surface area contributed by atoms with Crippen LogP contribution < -0.4 is 19.5 Å². The van der Waals surface area contributed by atoms with E-state index in [9.17, 15) is 4.39 Å². The van der Waals surface area contributed by atoms with Crippen LogP contribution in [-0.4, -0.2) is 13.7 Å². The molecule has 0 aliphatic carbocycles. The Morgan fingerprint density at radius 3 is 2.42 bits per heavy atom. The molecule has 0 aliphatic heterocycles. The molecule has 0 saturated heterocycles. The lowest BCUT2D eigenvalue weighted by Gasteiger charge is -2.16. The molecule has 0 spiro atoms. The molecule has 1 N–H and O–H groups in total. The van der Waals surface area contributed by atoms with E-state index < -0.39 is 5.82 Å². The van der Waals surface area contributed by atoms with Gasteiger partial charge in [0.15, 0.2) is 11.5 Å². The van der Waals surface area contributed by atoms with Crippen LogP contribution in [0.3, 0.4) is 0 Å². The molecule has 3 aromatic carbocycles. The smallest absolute Gasteiger partial charge is 0.162 e. The van der Waals surface area contributed by atoms with Gasteiger partial charge in [0.05, 0.1) is 23.8 Å². The van der Waals surface area contributed by atoms with E-state index in [4.69, 9.17) is 37.4 Å². The Hall–Kier alpha value is -2.15. The molecule has 0 bridgehead atoms. The van der Waals surface area contributed by atoms with Gasteiger partial charge in [0.2, 0.25) is 0 Å². The fourth-order valence-corrected chi connectivity index (χ4v) is 3.83. The van der Waals surface area contributed by atoms with E-state index in [1.807, 2.05) is 19.1 Å². The van der Waals surface area contributed by atoms with Crippen molar-refractivity contribution < 1.29 is 18.6 Å². The summed E-state index contributed by atoms with van der Waals surface area (Å²) in [6.07, 6.45) is 0. The summed E-state index contributed by atoms with van der Waals surface area (Å²) in [5.41, 5.74) is 2.10. The number of anilines is 1. The molecule has 31 heavy (non-hydrogen) atoms. The third-order valence-electron chi connectivity index (χ3n) is 4.48. The summed E-state index contributed by atoms with van der Waals surface area (Å²) in [6, 6.07) is 13.7. The van der Waals surface area contributed by atoms with Crippen LogP contribution >= 0.6 is 39.1 Å². The van der Waals surface area contributed by atoms with Crippen molar-refractivity contribution in [1.29, 1.82) is 0 Å². The second-order valence-electron chi connectivity index (χ2n) is 6.52. The van der Waals surface area contributed by atoms with Gasteiger partial charge in [-0.15, -0.1) is 0 Å². The van der Waals surface area contributed by atoms with Crippen LogP contribution in [0.1, 0.15) is 18.1 Å². The van der Waals surface area contributed by atoms with Crippen LogP contribution in [0.2, 0.25) is 10.0 Å². The summed E-state index contributed by atoms with van der Waals surface area (Å²) >= 11 is 15.9. The van der Waals surface area contributed by atoms with Crippen LogP contribution in [0.25, 0.3) is 0 Å². The van der Waals surface area contributed by atoms with E-state index in [0.29, 0.717) is 46.0 Å². The summed E-state index contributed by atoms with van der Waals surface area (Å²) in [5.74, 6) is 1.25. The van der Waals surface area contributed by atoms with Gasteiger partial charge in [0.25, 0.3) is 0 Å². The minimum absolute atomic E-state index is 0.0139. The molecule has 0 aromatic heterocycles. The first-order chi connectivity index (χ1) is 14.9. The minimum atomic E-state index is -0.413. The Morgan fingerprint density at radius 2 is 1.74 bits per heavy atom. The molecule has 3 rings (SSSR count). The van der Waals surface area contributed by atoms with Crippen LogP contribution in [0.5, 0.6) is 17.2 Å². The standard InChI is InChI=1S/C23H21BrCl2FNO3/c1-3-30-22-9-14(12-28-15-7-8-21(29-2)19(26)10-15)17(24)11-23(22)31-13-16-18(25)5-4-6-20(16)27/h4-11,28H,3,12-13H2,1-2H3. The largest absolute Gasteiger partial charge is 0.495 e. The maximum Gasteiger partial charge on any atom is 0.162 e. The van der Waals surface area contributed by atoms with Gasteiger partial charge in [0.1, 0.15) is 18.2 Å². The number of halogens is 4. The molecule has 8 heteroatoms. The summed E-state index contributed by atoms with van der Waals surface area (Å²) in [6.45, 7) is 2.85. The third kappa shape index (κ3) is 5.97.